The molecule has 1 aliphatic rings. The predicted octanol–water partition coefficient (Wildman–Crippen LogP) is 2.72. The normalized spacial score (nSPS) is 14.1. The number of thioether (sulfide) groups is 1. The van der Waals surface area contributed by atoms with Crippen LogP contribution in [0.15, 0.2) is 16.9 Å². The first-order valence-corrected chi connectivity index (χ1v) is 4.79. The fourth-order valence-electron chi connectivity index (χ4n) is 0.805. The molecule has 0 unspecified atom stereocenters. The van der Waals surface area contributed by atoms with Gasteiger partial charge in [0.25, 0.3) is 0 Å². The molecule has 0 atom stereocenters. The lowest BCUT2D eigenvalue weighted by molar-refractivity contribution is 0.373. The minimum Gasteiger partial charge on any atom is -0.363 e. The second-order valence-electron chi connectivity index (χ2n) is 2.38. The third-order valence-electron chi connectivity index (χ3n) is 1.41. The van der Waals surface area contributed by atoms with Crippen LogP contribution < -0.4 is 5.32 Å². The molecule has 1 aliphatic heterocycles. The van der Waals surface area contributed by atoms with Crippen LogP contribution in [0.2, 0.25) is 0 Å². The minimum absolute atomic E-state index is 0. The maximum absolute atomic E-state index is 12.3. The van der Waals surface area contributed by atoms with E-state index in [9.17, 15) is 13.2 Å². The van der Waals surface area contributed by atoms with E-state index in [4.69, 9.17) is 0 Å². The molecule has 1 rings (SSSR count). The third kappa shape index (κ3) is 4.90. The number of aliphatic imine (C=N–C) groups is 1. The van der Waals surface area contributed by atoms with Gasteiger partial charge in [-0.2, -0.15) is 8.78 Å². The van der Waals surface area contributed by atoms with Crippen molar-refractivity contribution in [1.29, 1.82) is 0 Å². The van der Waals surface area contributed by atoms with Gasteiger partial charge in [-0.15, -0.1) is 17.0 Å². The van der Waals surface area contributed by atoms with Crippen molar-refractivity contribution < 1.29 is 13.2 Å². The molecule has 0 spiro atoms. The molecule has 1 heterocycles. The van der Waals surface area contributed by atoms with Gasteiger partial charge in [-0.05, 0) is 0 Å². The molecular formula is C7H10BrF3N2S. The van der Waals surface area contributed by atoms with E-state index in [2.05, 4.69) is 10.3 Å². The Balaban J connectivity index is 0.00000169. The smallest absolute Gasteiger partial charge is 0.301 e. The molecular weight excluding hydrogens is 281 g/mol. The Kier molecular flexibility index (Phi) is 7.08. The number of hydrogen-bond acceptors (Lipinski definition) is 3. The Morgan fingerprint density at radius 1 is 1.43 bits per heavy atom. The van der Waals surface area contributed by atoms with E-state index in [1.54, 1.807) is 0 Å². The van der Waals surface area contributed by atoms with Crippen LogP contribution in [-0.4, -0.2) is 24.0 Å². The second kappa shape index (κ2) is 7.17. The van der Waals surface area contributed by atoms with Crippen molar-refractivity contribution in [2.24, 2.45) is 4.99 Å². The summed E-state index contributed by atoms with van der Waals surface area (Å²) < 4.78 is 35.4. The van der Waals surface area contributed by atoms with Gasteiger partial charge >= 0.3 is 6.08 Å². The largest absolute Gasteiger partial charge is 0.363 e. The van der Waals surface area contributed by atoms with Crippen molar-refractivity contribution in [2.75, 3.05) is 18.8 Å². The molecule has 7 heteroatoms. The molecule has 14 heavy (non-hydrogen) atoms. The van der Waals surface area contributed by atoms with E-state index in [0.29, 0.717) is 11.7 Å². The number of rotatable bonds is 3. The Morgan fingerprint density at radius 2 is 2.14 bits per heavy atom. The SMILES string of the molecule is Br.FC(F)=C(F)CCSC1=NCCN1. The summed E-state index contributed by atoms with van der Waals surface area (Å²) in [5.74, 6) is -1.04. The fourth-order valence-corrected chi connectivity index (χ4v) is 1.67. The summed E-state index contributed by atoms with van der Waals surface area (Å²) in [6.07, 6.45) is -2.46. The third-order valence-corrected chi connectivity index (χ3v) is 2.36. The van der Waals surface area contributed by atoms with E-state index in [1.807, 2.05) is 0 Å². The lowest BCUT2D eigenvalue weighted by atomic mass is 10.4. The van der Waals surface area contributed by atoms with Crippen LogP contribution in [0.3, 0.4) is 0 Å². The topological polar surface area (TPSA) is 24.4 Å². The van der Waals surface area contributed by atoms with Crippen LogP contribution in [0.25, 0.3) is 0 Å². The molecule has 0 fully saturated rings. The average molecular weight is 291 g/mol. The van der Waals surface area contributed by atoms with Crippen molar-refractivity contribution in [3.05, 3.63) is 11.9 Å². The van der Waals surface area contributed by atoms with Crippen LogP contribution in [0.5, 0.6) is 0 Å². The van der Waals surface area contributed by atoms with Gasteiger partial charge in [-0.1, -0.05) is 11.8 Å². The Bertz CT molecular complexity index is 241. The standard InChI is InChI=1S/C7H9F3N2S.BrH/c8-5(6(9)10)1-4-13-7-11-2-3-12-7;/h1-4H2,(H,11,12);1H. The maximum Gasteiger partial charge on any atom is 0.301 e. The molecule has 0 aliphatic carbocycles. The van der Waals surface area contributed by atoms with Crippen molar-refractivity contribution in [3.8, 4) is 0 Å². The van der Waals surface area contributed by atoms with Crippen molar-refractivity contribution in [2.45, 2.75) is 6.42 Å². The molecule has 82 valence electrons. The monoisotopic (exact) mass is 290 g/mol. The van der Waals surface area contributed by atoms with Crippen molar-refractivity contribution >= 4 is 33.9 Å². The molecule has 2 nitrogen and oxygen atoms in total. The molecule has 0 saturated heterocycles. The Labute approximate surface area is 94.8 Å². The highest BCUT2D eigenvalue weighted by Gasteiger charge is 2.08. The van der Waals surface area contributed by atoms with Crippen LogP contribution in [0, 0.1) is 0 Å². The lowest BCUT2D eigenvalue weighted by Gasteiger charge is -1.99. The second-order valence-corrected chi connectivity index (χ2v) is 3.46. The summed E-state index contributed by atoms with van der Waals surface area (Å²) in [6.45, 7) is 1.48. The summed E-state index contributed by atoms with van der Waals surface area (Å²) in [7, 11) is 0. The molecule has 0 aromatic heterocycles. The van der Waals surface area contributed by atoms with Gasteiger partial charge in [-0.25, -0.2) is 4.39 Å². The molecule has 1 N–H and O–H groups in total. The number of halogens is 4. The predicted molar refractivity (Wildman–Crippen MR) is 58.1 cm³/mol. The Hall–Kier alpha value is -0.170. The van der Waals surface area contributed by atoms with E-state index in [1.165, 1.54) is 11.8 Å². The number of amidine groups is 1. The van der Waals surface area contributed by atoms with Crippen LogP contribution in [-0.2, 0) is 0 Å². The van der Waals surface area contributed by atoms with Crippen LogP contribution in [0.1, 0.15) is 6.42 Å². The summed E-state index contributed by atoms with van der Waals surface area (Å²) in [5.41, 5.74) is 0. The molecule has 0 radical (unpaired) electrons. The summed E-state index contributed by atoms with van der Waals surface area (Å²) in [6, 6.07) is 0. The zero-order chi connectivity index (χ0) is 9.68. The van der Waals surface area contributed by atoms with Gasteiger partial charge in [0.1, 0.15) is 0 Å². The van der Waals surface area contributed by atoms with Gasteiger partial charge in [0.2, 0.25) is 0 Å². The highest BCUT2D eigenvalue weighted by Crippen LogP contribution is 2.17. The summed E-state index contributed by atoms with van der Waals surface area (Å²) in [5, 5.41) is 3.66. The maximum atomic E-state index is 12.3. The zero-order valence-corrected chi connectivity index (χ0v) is 9.76. The molecule has 0 amide bonds. The quantitative estimate of drug-likeness (QED) is 0.864. The van der Waals surface area contributed by atoms with E-state index < -0.39 is 11.9 Å². The highest BCUT2D eigenvalue weighted by atomic mass is 79.9. The van der Waals surface area contributed by atoms with Crippen LogP contribution in [0.4, 0.5) is 13.2 Å². The van der Waals surface area contributed by atoms with E-state index in [-0.39, 0.29) is 29.2 Å². The van der Waals surface area contributed by atoms with Gasteiger partial charge in [0.15, 0.2) is 11.0 Å². The zero-order valence-electron chi connectivity index (χ0n) is 7.23. The van der Waals surface area contributed by atoms with E-state index in [0.717, 1.165) is 6.54 Å². The van der Waals surface area contributed by atoms with Gasteiger partial charge in [-0.3, -0.25) is 4.99 Å². The first-order valence-electron chi connectivity index (χ1n) is 3.81. The number of allylic oxidation sites excluding steroid dienone is 1. The molecule has 0 aromatic carbocycles. The first-order chi connectivity index (χ1) is 6.20. The fraction of sp³-hybridized carbons (Fsp3) is 0.571. The van der Waals surface area contributed by atoms with Gasteiger partial charge in [0.05, 0.1) is 6.54 Å². The molecule has 0 aromatic rings. The summed E-state index contributed by atoms with van der Waals surface area (Å²) >= 11 is 1.26. The van der Waals surface area contributed by atoms with Crippen molar-refractivity contribution in [1.82, 2.24) is 5.32 Å². The van der Waals surface area contributed by atoms with Gasteiger partial charge < -0.3 is 5.32 Å². The summed E-state index contributed by atoms with van der Waals surface area (Å²) in [4.78, 5) is 4.02. The van der Waals surface area contributed by atoms with E-state index >= 15 is 0 Å². The lowest BCUT2D eigenvalue weighted by Crippen LogP contribution is -2.15. The van der Waals surface area contributed by atoms with Crippen LogP contribution >= 0.6 is 28.7 Å². The molecule has 0 bridgehead atoms. The van der Waals surface area contributed by atoms with Crippen molar-refractivity contribution in [3.63, 3.8) is 0 Å². The average Bonchev–Trinajstić information content (AvgIpc) is 2.56. The minimum atomic E-state index is -2.22. The Morgan fingerprint density at radius 3 is 2.64 bits per heavy atom. The van der Waals surface area contributed by atoms with Gasteiger partial charge in [0, 0.05) is 18.7 Å². The number of nitrogens with zero attached hydrogens (tertiary/aromatic N) is 1. The first kappa shape index (κ1) is 13.8. The molecule has 0 saturated carbocycles. The number of hydrogen-bond donors (Lipinski definition) is 1. The number of nitrogens with one attached hydrogen (secondary N) is 1. The highest BCUT2D eigenvalue weighted by molar-refractivity contribution is 8.93.